The Morgan fingerprint density at radius 1 is 1.20 bits per heavy atom. The summed E-state index contributed by atoms with van der Waals surface area (Å²) in [5.41, 5.74) is 4.36. The lowest BCUT2D eigenvalue weighted by Crippen LogP contribution is -2.06. The Kier molecular flexibility index (Phi) is 5.43. The number of hydrazone groups is 1. The zero-order chi connectivity index (χ0) is 18.6. The molecule has 0 aliphatic rings. The Balaban J connectivity index is 2.34. The van der Waals surface area contributed by atoms with Gasteiger partial charge in [0.25, 0.3) is 0 Å². The summed E-state index contributed by atoms with van der Waals surface area (Å²) < 4.78 is 28.6. The van der Waals surface area contributed by atoms with Crippen molar-refractivity contribution in [3.8, 4) is 5.75 Å². The van der Waals surface area contributed by atoms with Crippen LogP contribution in [0.4, 0.5) is 5.69 Å². The fourth-order valence-corrected chi connectivity index (χ4v) is 3.00. The van der Waals surface area contributed by atoms with Gasteiger partial charge in [0.2, 0.25) is 0 Å². The number of rotatable bonds is 6. The van der Waals surface area contributed by atoms with Gasteiger partial charge in [0.15, 0.2) is 9.84 Å². The van der Waals surface area contributed by atoms with Crippen LogP contribution in [0.15, 0.2) is 52.5 Å². The first-order valence-electron chi connectivity index (χ1n) is 7.25. The van der Waals surface area contributed by atoms with Crippen molar-refractivity contribution in [2.75, 3.05) is 18.8 Å². The first-order chi connectivity index (χ1) is 11.7. The fraction of sp³-hybridized carbons (Fsp3) is 0.176. The number of carbonyl (C=O) groups is 1. The van der Waals surface area contributed by atoms with Crippen molar-refractivity contribution < 1.29 is 23.1 Å². The van der Waals surface area contributed by atoms with Gasteiger partial charge < -0.3 is 9.84 Å². The summed E-state index contributed by atoms with van der Waals surface area (Å²) in [6.45, 7) is 1.71. The van der Waals surface area contributed by atoms with Crippen LogP contribution in [-0.2, 0) is 9.84 Å². The molecule has 7 nitrogen and oxygen atoms in total. The van der Waals surface area contributed by atoms with Crippen LogP contribution in [0.25, 0.3) is 0 Å². The van der Waals surface area contributed by atoms with Crippen molar-refractivity contribution in [2.24, 2.45) is 5.10 Å². The summed E-state index contributed by atoms with van der Waals surface area (Å²) in [5.74, 6) is -0.837. The van der Waals surface area contributed by atoms with Crippen LogP contribution in [0.3, 0.4) is 0 Å². The second-order valence-electron chi connectivity index (χ2n) is 5.30. The molecule has 0 heterocycles. The molecule has 0 amide bonds. The summed E-state index contributed by atoms with van der Waals surface area (Å²) in [4.78, 5) is 11.3. The van der Waals surface area contributed by atoms with E-state index in [1.165, 1.54) is 19.2 Å². The molecule has 0 aromatic heterocycles. The maximum Gasteiger partial charge on any atom is 0.337 e. The molecule has 0 unspecified atom stereocenters. The Labute approximate surface area is 145 Å². The van der Waals surface area contributed by atoms with E-state index in [1.807, 2.05) is 0 Å². The predicted octanol–water partition coefficient (Wildman–Crippen LogP) is 2.63. The topological polar surface area (TPSA) is 105 Å². The first kappa shape index (κ1) is 18.5. The van der Waals surface area contributed by atoms with E-state index in [9.17, 15) is 13.2 Å². The number of aromatic carboxylic acids is 1. The second kappa shape index (κ2) is 7.35. The monoisotopic (exact) mass is 362 g/mol. The summed E-state index contributed by atoms with van der Waals surface area (Å²) in [6, 6.07) is 11.0. The summed E-state index contributed by atoms with van der Waals surface area (Å²) in [5, 5.41) is 13.3. The summed E-state index contributed by atoms with van der Waals surface area (Å²) in [6.07, 6.45) is 1.11. The number of sulfone groups is 1. The van der Waals surface area contributed by atoms with Gasteiger partial charge in [0, 0.05) is 11.8 Å². The number of carboxylic acid groups (broad SMARTS) is 1. The third kappa shape index (κ3) is 4.36. The van der Waals surface area contributed by atoms with E-state index >= 15 is 0 Å². The van der Waals surface area contributed by atoms with Gasteiger partial charge in [0.1, 0.15) is 10.6 Å². The SMILES string of the molecule is COc1cc(C(C)=NNc2ccccc2C(=O)O)ccc1S(C)(=O)=O. The second-order valence-corrected chi connectivity index (χ2v) is 7.28. The minimum atomic E-state index is -3.40. The van der Waals surface area contributed by atoms with Crippen molar-refractivity contribution >= 4 is 27.2 Å². The molecule has 2 aromatic carbocycles. The number of ether oxygens (including phenoxy) is 1. The average Bonchev–Trinajstić information content (AvgIpc) is 2.58. The number of anilines is 1. The minimum Gasteiger partial charge on any atom is -0.495 e. The molecule has 0 saturated heterocycles. The van der Waals surface area contributed by atoms with E-state index in [0.29, 0.717) is 17.0 Å². The van der Waals surface area contributed by atoms with Gasteiger partial charge >= 0.3 is 5.97 Å². The van der Waals surface area contributed by atoms with Crippen LogP contribution >= 0.6 is 0 Å². The number of nitrogens with one attached hydrogen (secondary N) is 1. The molecule has 25 heavy (non-hydrogen) atoms. The lowest BCUT2D eigenvalue weighted by molar-refractivity contribution is 0.0698. The van der Waals surface area contributed by atoms with E-state index < -0.39 is 15.8 Å². The molecule has 0 spiro atoms. The van der Waals surface area contributed by atoms with Crippen LogP contribution < -0.4 is 10.2 Å². The number of para-hydroxylation sites is 1. The lowest BCUT2D eigenvalue weighted by atomic mass is 10.1. The van der Waals surface area contributed by atoms with E-state index in [2.05, 4.69) is 10.5 Å². The quantitative estimate of drug-likeness (QED) is 0.604. The summed E-state index contributed by atoms with van der Waals surface area (Å²) in [7, 11) is -2.01. The van der Waals surface area contributed by atoms with Crippen molar-refractivity contribution in [3.05, 3.63) is 53.6 Å². The lowest BCUT2D eigenvalue weighted by Gasteiger charge is -2.10. The van der Waals surface area contributed by atoms with Crippen LogP contribution in [-0.4, -0.2) is 38.6 Å². The molecule has 2 aromatic rings. The molecule has 0 aliphatic carbocycles. The van der Waals surface area contributed by atoms with Crippen molar-refractivity contribution in [3.63, 3.8) is 0 Å². The molecule has 0 aliphatic heterocycles. The molecule has 0 bridgehead atoms. The predicted molar refractivity (Wildman–Crippen MR) is 95.3 cm³/mol. The number of nitrogens with zero attached hydrogens (tertiary/aromatic N) is 1. The Morgan fingerprint density at radius 2 is 1.88 bits per heavy atom. The van der Waals surface area contributed by atoms with Crippen molar-refractivity contribution in [1.29, 1.82) is 0 Å². The highest BCUT2D eigenvalue weighted by atomic mass is 32.2. The van der Waals surface area contributed by atoms with E-state index in [1.54, 1.807) is 37.3 Å². The van der Waals surface area contributed by atoms with Crippen LogP contribution in [0.1, 0.15) is 22.8 Å². The highest BCUT2D eigenvalue weighted by Crippen LogP contribution is 2.25. The zero-order valence-electron chi connectivity index (χ0n) is 14.0. The highest BCUT2D eigenvalue weighted by Gasteiger charge is 2.15. The summed E-state index contributed by atoms with van der Waals surface area (Å²) >= 11 is 0. The first-order valence-corrected chi connectivity index (χ1v) is 9.14. The van der Waals surface area contributed by atoms with Crippen molar-refractivity contribution in [2.45, 2.75) is 11.8 Å². The van der Waals surface area contributed by atoms with Gasteiger partial charge in [-0.05, 0) is 31.2 Å². The van der Waals surface area contributed by atoms with Crippen LogP contribution in [0.2, 0.25) is 0 Å². The van der Waals surface area contributed by atoms with Crippen LogP contribution in [0, 0.1) is 0 Å². The Hall–Kier alpha value is -2.87. The molecular formula is C17H18N2O5S. The van der Waals surface area contributed by atoms with E-state index in [4.69, 9.17) is 9.84 Å². The van der Waals surface area contributed by atoms with Gasteiger partial charge in [-0.2, -0.15) is 5.10 Å². The smallest absolute Gasteiger partial charge is 0.337 e. The van der Waals surface area contributed by atoms with Gasteiger partial charge in [-0.3, -0.25) is 5.43 Å². The third-order valence-electron chi connectivity index (χ3n) is 3.48. The molecule has 2 N–H and O–H groups in total. The third-order valence-corrected chi connectivity index (χ3v) is 4.62. The number of hydrogen-bond donors (Lipinski definition) is 2. The maximum atomic E-state index is 11.7. The number of hydrogen-bond acceptors (Lipinski definition) is 6. The van der Waals surface area contributed by atoms with Crippen LogP contribution in [0.5, 0.6) is 5.75 Å². The molecule has 132 valence electrons. The highest BCUT2D eigenvalue weighted by molar-refractivity contribution is 7.90. The average molecular weight is 362 g/mol. The van der Waals surface area contributed by atoms with E-state index in [-0.39, 0.29) is 16.2 Å². The number of methoxy groups -OCH3 is 1. The van der Waals surface area contributed by atoms with Gasteiger partial charge in [-0.1, -0.05) is 18.2 Å². The van der Waals surface area contributed by atoms with Gasteiger partial charge in [-0.25, -0.2) is 13.2 Å². The normalized spacial score (nSPS) is 11.9. The standard InChI is InChI=1S/C17H18N2O5S/c1-11(18-19-14-7-5-4-6-13(14)17(20)21)12-8-9-16(25(3,22)23)15(10-12)24-2/h4-10,19H,1-3H3,(H,20,21). The molecule has 0 atom stereocenters. The minimum absolute atomic E-state index is 0.0933. The number of carboxylic acids is 1. The van der Waals surface area contributed by atoms with Gasteiger partial charge in [0.05, 0.1) is 24.1 Å². The maximum absolute atomic E-state index is 11.7. The molecule has 2 rings (SSSR count). The fourth-order valence-electron chi connectivity index (χ4n) is 2.17. The van der Waals surface area contributed by atoms with Crippen molar-refractivity contribution in [1.82, 2.24) is 0 Å². The molecule has 0 radical (unpaired) electrons. The molecule has 8 heteroatoms. The molecule has 0 saturated carbocycles. The van der Waals surface area contributed by atoms with Gasteiger partial charge in [-0.15, -0.1) is 0 Å². The zero-order valence-corrected chi connectivity index (χ0v) is 14.8. The Morgan fingerprint density at radius 3 is 2.48 bits per heavy atom. The molecular weight excluding hydrogens is 344 g/mol. The Bertz CT molecular complexity index is 936. The number of benzene rings is 2. The molecule has 0 fully saturated rings. The largest absolute Gasteiger partial charge is 0.495 e. The van der Waals surface area contributed by atoms with E-state index in [0.717, 1.165) is 6.26 Å².